The Morgan fingerprint density at radius 1 is 1.44 bits per heavy atom. The third-order valence-corrected chi connectivity index (χ3v) is 3.85. The fraction of sp³-hybridized carbons (Fsp3) is 0.722. The summed E-state index contributed by atoms with van der Waals surface area (Å²) in [5, 5.41) is 3.55. The highest BCUT2D eigenvalue weighted by Crippen LogP contribution is 2.21. The van der Waals surface area contributed by atoms with Gasteiger partial charge in [-0.3, -0.25) is 0 Å². The van der Waals surface area contributed by atoms with E-state index in [2.05, 4.69) is 15.3 Å². The van der Waals surface area contributed by atoms with Gasteiger partial charge >= 0.3 is 6.09 Å². The van der Waals surface area contributed by atoms with Crippen LogP contribution in [0.4, 0.5) is 10.6 Å². The van der Waals surface area contributed by atoms with Gasteiger partial charge in [0.15, 0.2) is 0 Å². The lowest BCUT2D eigenvalue weighted by Crippen LogP contribution is -2.44. The van der Waals surface area contributed by atoms with Crippen molar-refractivity contribution in [1.82, 2.24) is 14.9 Å². The molecule has 142 valence electrons. The smallest absolute Gasteiger partial charge is 0.410 e. The molecule has 0 bridgehead atoms. The Balaban J connectivity index is 0.00000151. The molecule has 6 nitrogen and oxygen atoms in total. The van der Waals surface area contributed by atoms with E-state index in [-0.39, 0.29) is 11.4 Å². The van der Waals surface area contributed by atoms with Crippen molar-refractivity contribution in [2.24, 2.45) is 5.92 Å². The monoisotopic (exact) mass is 370 g/mol. The summed E-state index contributed by atoms with van der Waals surface area (Å²) in [6.07, 6.45) is 3.52. The molecule has 1 saturated heterocycles. The maximum Gasteiger partial charge on any atom is 0.410 e. The predicted octanol–water partition coefficient (Wildman–Crippen LogP) is 4.52. The molecule has 1 aromatic heterocycles. The van der Waals surface area contributed by atoms with Crippen molar-refractivity contribution in [2.45, 2.75) is 60.0 Å². The zero-order chi connectivity index (χ0) is 19.0. The first-order valence-electron chi connectivity index (χ1n) is 8.95. The van der Waals surface area contributed by atoms with Gasteiger partial charge in [-0.1, -0.05) is 13.8 Å². The van der Waals surface area contributed by atoms with Gasteiger partial charge in [-0.05, 0) is 58.1 Å². The third kappa shape index (κ3) is 7.46. The Labute approximate surface area is 156 Å². The first-order valence-corrected chi connectivity index (χ1v) is 9.33. The summed E-state index contributed by atoms with van der Waals surface area (Å²) in [5.41, 5.74) is 0.492. The number of ether oxygens (including phenoxy) is 1. The normalized spacial score (nSPS) is 17.4. The number of carbonyl (C=O) groups is 1. The average Bonchev–Trinajstić information content (AvgIpc) is 2.56. The molecule has 0 aromatic carbocycles. The van der Waals surface area contributed by atoms with Crippen LogP contribution in [-0.4, -0.2) is 46.2 Å². The van der Waals surface area contributed by atoms with Crippen LogP contribution in [0.3, 0.4) is 0 Å². The number of likely N-dealkylation sites (tertiary alicyclic amines) is 1. The summed E-state index contributed by atoms with van der Waals surface area (Å²) in [6, 6.07) is 0. The minimum Gasteiger partial charge on any atom is -0.444 e. The first-order chi connectivity index (χ1) is 11.7. The third-order valence-electron chi connectivity index (χ3n) is 3.67. The number of hydrogen-bond acceptors (Lipinski definition) is 5. The SMILES string of the molecule is CC.Cc1cnc(Cl)nc1NC[C@@H]1CCCN(C(=O)OC(C)(C)C)C1. The van der Waals surface area contributed by atoms with Crippen LogP contribution in [0, 0.1) is 12.8 Å². The van der Waals surface area contributed by atoms with Crippen molar-refractivity contribution in [2.75, 3.05) is 25.0 Å². The number of piperidine rings is 1. The Bertz CT molecular complexity index is 560. The van der Waals surface area contributed by atoms with E-state index >= 15 is 0 Å². The van der Waals surface area contributed by atoms with Crippen molar-refractivity contribution < 1.29 is 9.53 Å². The number of amides is 1. The molecule has 1 aliphatic heterocycles. The molecular formula is C18H31ClN4O2. The number of nitrogens with one attached hydrogen (secondary N) is 1. The van der Waals surface area contributed by atoms with Gasteiger partial charge in [-0.2, -0.15) is 0 Å². The topological polar surface area (TPSA) is 67.4 Å². The van der Waals surface area contributed by atoms with E-state index < -0.39 is 5.60 Å². The Morgan fingerprint density at radius 3 is 2.76 bits per heavy atom. The van der Waals surface area contributed by atoms with Crippen molar-refractivity contribution in [3.05, 3.63) is 17.0 Å². The van der Waals surface area contributed by atoms with Crippen molar-refractivity contribution in [3.8, 4) is 0 Å². The van der Waals surface area contributed by atoms with Crippen LogP contribution in [0.25, 0.3) is 0 Å². The molecule has 0 spiro atoms. The van der Waals surface area contributed by atoms with Crippen LogP contribution in [0.5, 0.6) is 0 Å². The molecule has 2 rings (SSSR count). The van der Waals surface area contributed by atoms with Gasteiger partial charge in [-0.25, -0.2) is 14.8 Å². The Kier molecular flexibility index (Phi) is 8.42. The fourth-order valence-electron chi connectivity index (χ4n) is 2.56. The van der Waals surface area contributed by atoms with Crippen LogP contribution >= 0.6 is 11.6 Å². The predicted molar refractivity (Wildman–Crippen MR) is 102 cm³/mol. The largest absolute Gasteiger partial charge is 0.444 e. The number of nitrogens with zero attached hydrogens (tertiary/aromatic N) is 3. The van der Waals surface area contributed by atoms with Gasteiger partial charge in [0, 0.05) is 31.4 Å². The number of aromatic nitrogens is 2. The quantitative estimate of drug-likeness (QED) is 0.792. The van der Waals surface area contributed by atoms with Gasteiger partial charge in [0.05, 0.1) is 0 Å². The second-order valence-electron chi connectivity index (χ2n) is 6.99. The lowest BCUT2D eigenvalue weighted by molar-refractivity contribution is 0.0172. The van der Waals surface area contributed by atoms with E-state index in [4.69, 9.17) is 16.3 Å². The maximum absolute atomic E-state index is 12.2. The van der Waals surface area contributed by atoms with E-state index in [0.717, 1.165) is 37.3 Å². The number of hydrogen-bond donors (Lipinski definition) is 1. The summed E-state index contributed by atoms with van der Waals surface area (Å²) < 4.78 is 5.45. The summed E-state index contributed by atoms with van der Waals surface area (Å²) in [4.78, 5) is 22.1. The highest BCUT2D eigenvalue weighted by atomic mass is 35.5. The highest BCUT2D eigenvalue weighted by Gasteiger charge is 2.27. The summed E-state index contributed by atoms with van der Waals surface area (Å²) in [6.45, 7) is 13.8. The molecule has 1 aromatic rings. The molecule has 7 heteroatoms. The summed E-state index contributed by atoms with van der Waals surface area (Å²) >= 11 is 5.83. The second-order valence-corrected chi connectivity index (χ2v) is 7.32. The van der Waals surface area contributed by atoms with Gasteiger partial charge in [0.1, 0.15) is 11.4 Å². The molecule has 1 fully saturated rings. The summed E-state index contributed by atoms with van der Waals surface area (Å²) in [5.74, 6) is 1.11. The minimum absolute atomic E-state index is 0.233. The van der Waals surface area contributed by atoms with E-state index in [1.807, 2.05) is 41.5 Å². The Morgan fingerprint density at radius 2 is 2.12 bits per heavy atom. The Hall–Kier alpha value is -1.56. The van der Waals surface area contributed by atoms with Crippen LogP contribution < -0.4 is 5.32 Å². The number of aryl methyl sites for hydroxylation is 1. The molecule has 1 aliphatic rings. The number of anilines is 1. The van der Waals surface area contributed by atoms with Crippen LogP contribution in [-0.2, 0) is 4.74 Å². The maximum atomic E-state index is 12.2. The van der Waals surface area contributed by atoms with Gasteiger partial charge < -0.3 is 15.0 Å². The zero-order valence-corrected chi connectivity index (χ0v) is 17.0. The van der Waals surface area contributed by atoms with E-state index in [1.54, 1.807) is 11.1 Å². The molecule has 2 heterocycles. The van der Waals surface area contributed by atoms with Crippen molar-refractivity contribution >= 4 is 23.5 Å². The highest BCUT2D eigenvalue weighted by molar-refractivity contribution is 6.28. The molecule has 1 atom stereocenters. The van der Waals surface area contributed by atoms with E-state index in [0.29, 0.717) is 12.5 Å². The van der Waals surface area contributed by atoms with E-state index in [1.165, 1.54) is 0 Å². The molecule has 0 saturated carbocycles. The van der Waals surface area contributed by atoms with Crippen molar-refractivity contribution in [1.29, 1.82) is 0 Å². The number of halogens is 1. The number of carbonyl (C=O) groups excluding carboxylic acids is 1. The lowest BCUT2D eigenvalue weighted by atomic mass is 9.98. The first kappa shape index (κ1) is 21.5. The van der Waals surface area contributed by atoms with Gasteiger partial charge in [-0.15, -0.1) is 0 Å². The van der Waals surface area contributed by atoms with Crippen LogP contribution in [0.1, 0.15) is 53.0 Å². The molecule has 25 heavy (non-hydrogen) atoms. The molecule has 0 aliphatic carbocycles. The molecule has 0 radical (unpaired) electrons. The molecule has 0 unspecified atom stereocenters. The van der Waals surface area contributed by atoms with Crippen LogP contribution in [0.15, 0.2) is 6.20 Å². The fourth-order valence-corrected chi connectivity index (χ4v) is 2.70. The van der Waals surface area contributed by atoms with E-state index in [9.17, 15) is 4.79 Å². The lowest BCUT2D eigenvalue weighted by Gasteiger charge is -2.34. The minimum atomic E-state index is -0.461. The number of rotatable bonds is 3. The standard InChI is InChI=1S/C16H25ClN4O2.C2H6/c1-11-8-19-14(17)20-13(11)18-9-12-6-5-7-21(10-12)15(22)23-16(2,3)4;1-2/h8,12H,5-7,9-10H2,1-4H3,(H,18,19,20);1-2H3/t12-;/m0./s1. The zero-order valence-electron chi connectivity index (χ0n) is 16.2. The molecule has 1 N–H and O–H groups in total. The second kappa shape index (κ2) is 9.80. The van der Waals surface area contributed by atoms with Crippen molar-refractivity contribution in [3.63, 3.8) is 0 Å². The molecule has 1 amide bonds. The average molecular weight is 371 g/mol. The van der Waals surface area contributed by atoms with Gasteiger partial charge in [0.25, 0.3) is 0 Å². The van der Waals surface area contributed by atoms with Gasteiger partial charge in [0.2, 0.25) is 5.28 Å². The van der Waals surface area contributed by atoms with Crippen LogP contribution in [0.2, 0.25) is 5.28 Å². The molecular weight excluding hydrogens is 340 g/mol. The summed E-state index contributed by atoms with van der Waals surface area (Å²) in [7, 11) is 0.